The molecule has 1 heterocycles. The Morgan fingerprint density at radius 1 is 1.35 bits per heavy atom. The van der Waals surface area contributed by atoms with Crippen LogP contribution in [0, 0.1) is 5.41 Å². The van der Waals surface area contributed by atoms with E-state index in [-0.39, 0.29) is 18.6 Å². The zero-order valence-electron chi connectivity index (χ0n) is 12.2. The highest BCUT2D eigenvalue weighted by molar-refractivity contribution is 5.79. The van der Waals surface area contributed by atoms with Gasteiger partial charge >= 0.3 is 12.0 Å². The second kappa shape index (κ2) is 6.43. The number of amides is 2. The number of carbonyl (C=O) groups is 2. The molecular weight excluding hydrogens is 258 g/mol. The standard InChI is InChI=1S/C14H25N3O3/c1-2-17-8-3-5-11(9-17)16-13(20)15-10-14(12(18)19)6-4-7-14/h11H,2-10H2,1H3,(H,18,19)(H2,15,16,20). The van der Waals surface area contributed by atoms with Gasteiger partial charge in [0, 0.05) is 19.1 Å². The lowest BCUT2D eigenvalue weighted by Crippen LogP contribution is -2.54. The van der Waals surface area contributed by atoms with E-state index in [2.05, 4.69) is 22.5 Å². The van der Waals surface area contributed by atoms with Crippen LogP contribution in [0.15, 0.2) is 0 Å². The SMILES string of the molecule is CCN1CCCC(NC(=O)NCC2(C(=O)O)CCC2)C1. The van der Waals surface area contributed by atoms with Crippen molar-refractivity contribution in [3.63, 3.8) is 0 Å². The third kappa shape index (κ3) is 3.42. The lowest BCUT2D eigenvalue weighted by atomic mass is 9.69. The van der Waals surface area contributed by atoms with Gasteiger partial charge in [0.1, 0.15) is 0 Å². The van der Waals surface area contributed by atoms with E-state index in [1.807, 2.05) is 0 Å². The summed E-state index contributed by atoms with van der Waals surface area (Å²) < 4.78 is 0. The molecule has 0 aromatic rings. The minimum atomic E-state index is -0.793. The molecule has 1 aliphatic carbocycles. The number of nitrogens with zero attached hydrogens (tertiary/aromatic N) is 1. The Labute approximate surface area is 119 Å². The average Bonchev–Trinajstić information content (AvgIpc) is 2.37. The predicted molar refractivity (Wildman–Crippen MR) is 75.6 cm³/mol. The highest BCUT2D eigenvalue weighted by atomic mass is 16.4. The van der Waals surface area contributed by atoms with Gasteiger partial charge in [-0.3, -0.25) is 4.79 Å². The van der Waals surface area contributed by atoms with Gasteiger partial charge in [-0.1, -0.05) is 13.3 Å². The third-order valence-corrected chi connectivity index (χ3v) is 4.64. The fourth-order valence-electron chi connectivity index (χ4n) is 3.02. The van der Waals surface area contributed by atoms with E-state index in [0.29, 0.717) is 12.8 Å². The molecule has 114 valence electrons. The summed E-state index contributed by atoms with van der Waals surface area (Å²) in [6, 6.07) is -0.0636. The molecule has 6 heteroatoms. The Morgan fingerprint density at radius 3 is 2.65 bits per heavy atom. The minimum Gasteiger partial charge on any atom is -0.481 e. The topological polar surface area (TPSA) is 81.7 Å². The molecule has 6 nitrogen and oxygen atoms in total. The molecule has 0 aromatic heterocycles. The molecule has 1 saturated heterocycles. The van der Waals surface area contributed by atoms with Crippen LogP contribution in [0.4, 0.5) is 4.79 Å². The fraction of sp³-hybridized carbons (Fsp3) is 0.857. The molecule has 1 unspecified atom stereocenters. The third-order valence-electron chi connectivity index (χ3n) is 4.64. The summed E-state index contributed by atoms with van der Waals surface area (Å²) in [5, 5.41) is 14.9. The Hall–Kier alpha value is -1.30. The van der Waals surface area contributed by atoms with Crippen LogP contribution in [0.3, 0.4) is 0 Å². The zero-order chi connectivity index (χ0) is 14.6. The number of hydrogen-bond donors (Lipinski definition) is 3. The molecule has 1 saturated carbocycles. The number of rotatable bonds is 5. The van der Waals surface area contributed by atoms with E-state index >= 15 is 0 Å². The van der Waals surface area contributed by atoms with Crippen LogP contribution in [-0.4, -0.2) is 54.2 Å². The van der Waals surface area contributed by atoms with Crippen molar-refractivity contribution in [2.24, 2.45) is 5.41 Å². The Morgan fingerprint density at radius 2 is 2.10 bits per heavy atom. The number of carbonyl (C=O) groups excluding carboxylic acids is 1. The number of aliphatic carboxylic acids is 1. The van der Waals surface area contributed by atoms with Gasteiger partial charge in [0.2, 0.25) is 0 Å². The Kier molecular flexibility index (Phi) is 4.86. The first-order valence-electron chi connectivity index (χ1n) is 7.56. The maximum absolute atomic E-state index is 11.9. The number of urea groups is 1. The van der Waals surface area contributed by atoms with E-state index in [4.69, 9.17) is 0 Å². The van der Waals surface area contributed by atoms with Crippen molar-refractivity contribution in [2.75, 3.05) is 26.2 Å². The van der Waals surface area contributed by atoms with Crippen LogP contribution in [0.5, 0.6) is 0 Å². The molecule has 20 heavy (non-hydrogen) atoms. The van der Waals surface area contributed by atoms with E-state index in [9.17, 15) is 14.7 Å². The Bertz CT molecular complexity index is 369. The van der Waals surface area contributed by atoms with Crippen LogP contribution in [0.2, 0.25) is 0 Å². The van der Waals surface area contributed by atoms with E-state index in [1.165, 1.54) is 0 Å². The number of likely N-dealkylation sites (N-methyl/N-ethyl adjacent to an activating group) is 1. The normalized spacial score (nSPS) is 25.6. The van der Waals surface area contributed by atoms with Crippen LogP contribution < -0.4 is 10.6 Å². The summed E-state index contributed by atoms with van der Waals surface area (Å²) in [6.07, 6.45) is 4.35. The molecule has 2 rings (SSSR count). The van der Waals surface area contributed by atoms with Crippen molar-refractivity contribution < 1.29 is 14.7 Å². The number of likely N-dealkylation sites (tertiary alicyclic amines) is 1. The summed E-state index contributed by atoms with van der Waals surface area (Å²) >= 11 is 0. The Balaban J connectivity index is 1.74. The smallest absolute Gasteiger partial charge is 0.315 e. The lowest BCUT2D eigenvalue weighted by molar-refractivity contribution is -0.153. The number of carboxylic acids is 1. The molecule has 0 aromatic carbocycles. The molecule has 2 amide bonds. The van der Waals surface area contributed by atoms with Gasteiger partial charge in [-0.05, 0) is 38.8 Å². The van der Waals surface area contributed by atoms with Crippen LogP contribution in [0.25, 0.3) is 0 Å². The van der Waals surface area contributed by atoms with Gasteiger partial charge in [0.25, 0.3) is 0 Å². The quantitative estimate of drug-likeness (QED) is 0.704. The maximum Gasteiger partial charge on any atom is 0.315 e. The molecular formula is C14H25N3O3. The van der Waals surface area contributed by atoms with Gasteiger partial charge in [-0.2, -0.15) is 0 Å². The second-order valence-electron chi connectivity index (χ2n) is 6.00. The summed E-state index contributed by atoms with van der Waals surface area (Å²) in [7, 11) is 0. The van der Waals surface area contributed by atoms with Crippen molar-refractivity contribution in [1.82, 2.24) is 15.5 Å². The average molecular weight is 283 g/mol. The largest absolute Gasteiger partial charge is 0.481 e. The van der Waals surface area contributed by atoms with Gasteiger partial charge in [-0.15, -0.1) is 0 Å². The molecule has 2 fully saturated rings. The first kappa shape index (κ1) is 15.1. The predicted octanol–water partition coefficient (Wildman–Crippen LogP) is 1.02. The van der Waals surface area contributed by atoms with E-state index < -0.39 is 11.4 Å². The zero-order valence-corrected chi connectivity index (χ0v) is 12.2. The minimum absolute atomic E-state index is 0.172. The van der Waals surface area contributed by atoms with Crippen LogP contribution >= 0.6 is 0 Å². The lowest BCUT2D eigenvalue weighted by Gasteiger charge is -2.38. The highest BCUT2D eigenvalue weighted by Gasteiger charge is 2.44. The van der Waals surface area contributed by atoms with E-state index in [1.54, 1.807) is 0 Å². The van der Waals surface area contributed by atoms with Crippen LogP contribution in [-0.2, 0) is 4.79 Å². The van der Waals surface area contributed by atoms with Crippen molar-refractivity contribution in [1.29, 1.82) is 0 Å². The number of piperidine rings is 1. The summed E-state index contributed by atoms with van der Waals surface area (Å²) in [4.78, 5) is 25.4. The highest BCUT2D eigenvalue weighted by Crippen LogP contribution is 2.40. The molecule has 0 radical (unpaired) electrons. The second-order valence-corrected chi connectivity index (χ2v) is 6.00. The number of hydrogen-bond acceptors (Lipinski definition) is 3. The van der Waals surface area contributed by atoms with Crippen molar-refractivity contribution in [3.8, 4) is 0 Å². The van der Waals surface area contributed by atoms with Crippen molar-refractivity contribution in [3.05, 3.63) is 0 Å². The fourth-order valence-corrected chi connectivity index (χ4v) is 3.02. The monoisotopic (exact) mass is 283 g/mol. The van der Waals surface area contributed by atoms with Crippen LogP contribution in [0.1, 0.15) is 39.0 Å². The first-order chi connectivity index (χ1) is 9.55. The first-order valence-corrected chi connectivity index (χ1v) is 7.56. The van der Waals surface area contributed by atoms with Crippen molar-refractivity contribution in [2.45, 2.75) is 45.1 Å². The summed E-state index contributed by atoms with van der Waals surface area (Å²) in [6.45, 7) is 5.34. The van der Waals surface area contributed by atoms with Crippen molar-refractivity contribution >= 4 is 12.0 Å². The molecule has 2 aliphatic rings. The van der Waals surface area contributed by atoms with Gasteiger partial charge in [0.05, 0.1) is 5.41 Å². The van der Waals surface area contributed by atoms with E-state index in [0.717, 1.165) is 38.9 Å². The molecule has 1 aliphatic heterocycles. The summed E-state index contributed by atoms with van der Waals surface area (Å²) in [5.74, 6) is -0.793. The summed E-state index contributed by atoms with van der Waals surface area (Å²) in [5.41, 5.74) is -0.723. The molecule has 3 N–H and O–H groups in total. The molecule has 0 bridgehead atoms. The van der Waals surface area contributed by atoms with Gasteiger partial charge < -0.3 is 20.6 Å². The maximum atomic E-state index is 11.9. The number of nitrogens with one attached hydrogen (secondary N) is 2. The van der Waals surface area contributed by atoms with Gasteiger partial charge in [-0.25, -0.2) is 4.79 Å². The number of carboxylic acid groups (broad SMARTS) is 1. The molecule has 0 spiro atoms. The van der Waals surface area contributed by atoms with Gasteiger partial charge in [0.15, 0.2) is 0 Å². The molecule has 1 atom stereocenters.